The lowest BCUT2D eigenvalue weighted by atomic mass is 10.2. The van der Waals surface area contributed by atoms with Crippen molar-refractivity contribution in [2.24, 2.45) is 11.7 Å². The predicted molar refractivity (Wildman–Crippen MR) is 71.8 cm³/mol. The molecule has 1 fully saturated rings. The van der Waals surface area contributed by atoms with Crippen LogP contribution in [-0.4, -0.2) is 35.3 Å². The van der Waals surface area contributed by atoms with Crippen LogP contribution in [0, 0.1) is 5.92 Å². The van der Waals surface area contributed by atoms with Gasteiger partial charge >= 0.3 is 12.1 Å². The van der Waals surface area contributed by atoms with E-state index in [2.05, 4.69) is 28.9 Å². The summed E-state index contributed by atoms with van der Waals surface area (Å²) in [5.74, 6) is -0.870. The highest BCUT2D eigenvalue weighted by molar-refractivity contribution is 5.73. The van der Waals surface area contributed by atoms with Crippen molar-refractivity contribution in [3.8, 4) is 0 Å². The number of nitrogens with zero attached hydrogens (tertiary/aromatic N) is 2. The topological polar surface area (TPSA) is 79.5 Å². The van der Waals surface area contributed by atoms with E-state index in [9.17, 15) is 13.2 Å². The van der Waals surface area contributed by atoms with Crippen molar-refractivity contribution in [2.45, 2.75) is 26.1 Å². The van der Waals surface area contributed by atoms with Gasteiger partial charge in [-0.2, -0.15) is 13.2 Å². The smallest absolute Gasteiger partial charge is 0.475 e. The first-order valence-corrected chi connectivity index (χ1v) is 6.44. The minimum atomic E-state index is -5.08. The van der Waals surface area contributed by atoms with Crippen molar-refractivity contribution in [2.75, 3.05) is 18.0 Å². The molecule has 1 aliphatic rings. The second-order valence-electron chi connectivity index (χ2n) is 4.87. The van der Waals surface area contributed by atoms with Gasteiger partial charge in [0.2, 0.25) is 0 Å². The molecule has 2 heterocycles. The quantitative estimate of drug-likeness (QED) is 0.874. The van der Waals surface area contributed by atoms with E-state index in [0.29, 0.717) is 6.54 Å². The molecule has 118 valence electrons. The van der Waals surface area contributed by atoms with Gasteiger partial charge in [-0.1, -0.05) is 13.0 Å². The van der Waals surface area contributed by atoms with Crippen molar-refractivity contribution >= 4 is 11.8 Å². The Labute approximate surface area is 120 Å². The Morgan fingerprint density at radius 1 is 1.52 bits per heavy atom. The van der Waals surface area contributed by atoms with Crippen LogP contribution in [0.3, 0.4) is 0 Å². The second kappa shape index (κ2) is 7.26. The number of nitrogens with two attached hydrogens (primary N) is 1. The average molecular weight is 305 g/mol. The monoisotopic (exact) mass is 305 g/mol. The number of aromatic nitrogens is 1. The number of carbonyl (C=O) groups is 1. The molecule has 0 aromatic carbocycles. The lowest BCUT2D eigenvalue weighted by Gasteiger charge is -2.16. The standard InChI is InChI=1S/C11H17N3.C2HF3O2/c1-9-4-5-14(8-9)11-3-2-10(6-12)7-13-11;3-2(4,5)1(6)7/h2-3,7,9H,4-6,8,12H2,1H3;(H,6,7). The zero-order chi connectivity index (χ0) is 16.0. The molecule has 0 bridgehead atoms. The molecule has 1 unspecified atom stereocenters. The SMILES string of the molecule is CC1CCN(c2ccc(CN)cn2)C1.O=C(O)C(F)(F)F. The molecule has 5 nitrogen and oxygen atoms in total. The molecule has 1 aliphatic heterocycles. The van der Waals surface area contributed by atoms with E-state index in [4.69, 9.17) is 15.6 Å². The zero-order valence-corrected chi connectivity index (χ0v) is 11.6. The lowest BCUT2D eigenvalue weighted by Crippen LogP contribution is -2.21. The van der Waals surface area contributed by atoms with Gasteiger partial charge in [0.1, 0.15) is 5.82 Å². The maximum absolute atomic E-state index is 10.6. The first kappa shape index (κ1) is 17.2. The van der Waals surface area contributed by atoms with Crippen LogP contribution in [0.5, 0.6) is 0 Å². The lowest BCUT2D eigenvalue weighted by molar-refractivity contribution is -0.192. The molecule has 21 heavy (non-hydrogen) atoms. The van der Waals surface area contributed by atoms with E-state index in [-0.39, 0.29) is 0 Å². The average Bonchev–Trinajstić information content (AvgIpc) is 2.85. The zero-order valence-electron chi connectivity index (χ0n) is 11.6. The predicted octanol–water partition coefficient (Wildman–Crippen LogP) is 2.02. The number of anilines is 1. The third-order valence-corrected chi connectivity index (χ3v) is 3.04. The molecule has 0 amide bonds. The van der Waals surface area contributed by atoms with Gasteiger partial charge in [-0.05, 0) is 24.0 Å². The Morgan fingerprint density at radius 3 is 2.48 bits per heavy atom. The molecule has 3 N–H and O–H groups in total. The van der Waals surface area contributed by atoms with Gasteiger partial charge in [0.05, 0.1) is 0 Å². The number of carboxylic acid groups (broad SMARTS) is 1. The summed E-state index contributed by atoms with van der Waals surface area (Å²) in [5, 5.41) is 7.12. The molecule has 0 aliphatic carbocycles. The van der Waals surface area contributed by atoms with Gasteiger partial charge in [-0.15, -0.1) is 0 Å². The number of pyridine rings is 1. The first-order chi connectivity index (χ1) is 9.74. The highest BCUT2D eigenvalue weighted by Crippen LogP contribution is 2.21. The number of hydrogen-bond acceptors (Lipinski definition) is 4. The fourth-order valence-corrected chi connectivity index (χ4v) is 1.87. The van der Waals surface area contributed by atoms with Crippen LogP contribution in [0.4, 0.5) is 19.0 Å². The third kappa shape index (κ3) is 5.58. The van der Waals surface area contributed by atoms with Crippen molar-refractivity contribution in [3.05, 3.63) is 23.9 Å². The molecule has 0 spiro atoms. The number of hydrogen-bond donors (Lipinski definition) is 2. The Balaban J connectivity index is 0.000000270. The van der Waals surface area contributed by atoms with Crippen molar-refractivity contribution in [1.82, 2.24) is 4.98 Å². The Kier molecular flexibility index (Phi) is 5.95. The van der Waals surface area contributed by atoms with Crippen molar-refractivity contribution in [3.63, 3.8) is 0 Å². The maximum Gasteiger partial charge on any atom is 0.490 e. The van der Waals surface area contributed by atoms with Crippen LogP contribution < -0.4 is 10.6 Å². The van der Waals surface area contributed by atoms with Crippen LogP contribution in [0.1, 0.15) is 18.9 Å². The molecule has 1 saturated heterocycles. The normalized spacial score (nSPS) is 18.1. The summed E-state index contributed by atoms with van der Waals surface area (Å²) in [7, 11) is 0. The molecule has 1 aromatic rings. The molecular formula is C13H18F3N3O2. The third-order valence-electron chi connectivity index (χ3n) is 3.04. The van der Waals surface area contributed by atoms with E-state index in [0.717, 1.165) is 30.4 Å². The largest absolute Gasteiger partial charge is 0.490 e. The number of rotatable bonds is 2. The molecular weight excluding hydrogens is 287 g/mol. The maximum atomic E-state index is 10.6. The van der Waals surface area contributed by atoms with Crippen LogP contribution in [-0.2, 0) is 11.3 Å². The van der Waals surface area contributed by atoms with Crippen molar-refractivity contribution < 1.29 is 23.1 Å². The molecule has 8 heteroatoms. The van der Waals surface area contributed by atoms with E-state index in [1.807, 2.05) is 6.20 Å². The van der Waals surface area contributed by atoms with Gasteiger partial charge in [0.25, 0.3) is 0 Å². The number of alkyl halides is 3. The van der Waals surface area contributed by atoms with E-state index in [1.165, 1.54) is 6.42 Å². The Morgan fingerprint density at radius 2 is 2.14 bits per heavy atom. The van der Waals surface area contributed by atoms with Gasteiger partial charge in [-0.25, -0.2) is 9.78 Å². The van der Waals surface area contributed by atoms with Crippen LogP contribution in [0.15, 0.2) is 18.3 Å². The number of aliphatic carboxylic acids is 1. The Hall–Kier alpha value is -1.83. The van der Waals surface area contributed by atoms with Gasteiger partial charge in [0.15, 0.2) is 0 Å². The van der Waals surface area contributed by atoms with E-state index < -0.39 is 12.1 Å². The van der Waals surface area contributed by atoms with Gasteiger partial charge in [0, 0.05) is 25.8 Å². The van der Waals surface area contributed by atoms with Crippen LogP contribution in [0.25, 0.3) is 0 Å². The minimum Gasteiger partial charge on any atom is -0.475 e. The fourth-order valence-electron chi connectivity index (χ4n) is 1.87. The first-order valence-electron chi connectivity index (χ1n) is 6.44. The van der Waals surface area contributed by atoms with Crippen LogP contribution >= 0.6 is 0 Å². The second-order valence-corrected chi connectivity index (χ2v) is 4.87. The highest BCUT2D eigenvalue weighted by Gasteiger charge is 2.38. The number of halogens is 3. The molecule has 1 atom stereocenters. The van der Waals surface area contributed by atoms with E-state index >= 15 is 0 Å². The minimum absolute atomic E-state index is 0.573. The summed E-state index contributed by atoms with van der Waals surface area (Å²) in [6.45, 7) is 5.13. The summed E-state index contributed by atoms with van der Waals surface area (Å²) >= 11 is 0. The molecule has 1 aromatic heterocycles. The molecule has 0 radical (unpaired) electrons. The summed E-state index contributed by atoms with van der Waals surface area (Å²) in [5.41, 5.74) is 6.62. The van der Waals surface area contributed by atoms with Gasteiger partial charge < -0.3 is 15.7 Å². The van der Waals surface area contributed by atoms with Crippen LogP contribution in [0.2, 0.25) is 0 Å². The summed E-state index contributed by atoms with van der Waals surface area (Å²) in [6.07, 6.45) is -1.93. The van der Waals surface area contributed by atoms with Crippen molar-refractivity contribution in [1.29, 1.82) is 0 Å². The van der Waals surface area contributed by atoms with E-state index in [1.54, 1.807) is 0 Å². The summed E-state index contributed by atoms with van der Waals surface area (Å²) < 4.78 is 31.7. The van der Waals surface area contributed by atoms with Gasteiger partial charge in [-0.3, -0.25) is 0 Å². The molecule has 0 saturated carbocycles. The molecule has 2 rings (SSSR count). The number of carboxylic acids is 1. The summed E-state index contributed by atoms with van der Waals surface area (Å²) in [4.78, 5) is 15.6. The Bertz CT molecular complexity index is 463. The fraction of sp³-hybridized carbons (Fsp3) is 0.538. The summed E-state index contributed by atoms with van der Waals surface area (Å²) in [6, 6.07) is 4.13. The highest BCUT2D eigenvalue weighted by atomic mass is 19.4.